The minimum atomic E-state index is -1.55. The average molecular weight is 612 g/mol. The molecule has 11 heteroatoms. The summed E-state index contributed by atoms with van der Waals surface area (Å²) in [5.41, 5.74) is -2.56. The lowest BCUT2D eigenvalue weighted by Crippen LogP contribution is -2.63. The fourth-order valence-corrected chi connectivity index (χ4v) is 6.76. The molecule has 0 aromatic rings. The lowest BCUT2D eigenvalue weighted by atomic mass is 9.78. The summed E-state index contributed by atoms with van der Waals surface area (Å²) in [4.78, 5) is 29.3. The molecule has 4 N–H and O–H groups in total. The van der Waals surface area contributed by atoms with E-state index >= 15 is 0 Å². The normalized spacial score (nSPS) is 44.2. The summed E-state index contributed by atoms with van der Waals surface area (Å²) in [7, 11) is 5.36. The number of cyclic esters (lactones) is 1. The highest BCUT2D eigenvalue weighted by Crippen LogP contribution is 2.36. The van der Waals surface area contributed by atoms with E-state index in [0.29, 0.717) is 25.8 Å². The molecule has 0 amide bonds. The van der Waals surface area contributed by atoms with E-state index in [0.717, 1.165) is 0 Å². The van der Waals surface area contributed by atoms with Crippen molar-refractivity contribution >= 4 is 11.8 Å². The minimum Gasteiger partial charge on any atom is -0.459 e. The van der Waals surface area contributed by atoms with Gasteiger partial charge in [-0.15, -0.1) is 0 Å². The van der Waals surface area contributed by atoms with Gasteiger partial charge >= 0.3 is 5.97 Å². The van der Waals surface area contributed by atoms with Crippen LogP contribution in [0.5, 0.6) is 0 Å². The number of ketones is 1. The van der Waals surface area contributed by atoms with Gasteiger partial charge in [-0.05, 0) is 80.4 Å². The maximum Gasteiger partial charge on any atom is 0.316 e. The van der Waals surface area contributed by atoms with Crippen molar-refractivity contribution in [1.82, 2.24) is 15.5 Å². The van der Waals surface area contributed by atoms with E-state index < -0.39 is 65.4 Å². The van der Waals surface area contributed by atoms with Gasteiger partial charge in [-0.2, -0.15) is 0 Å². The minimum absolute atomic E-state index is 0.0188. The van der Waals surface area contributed by atoms with Crippen molar-refractivity contribution < 1.29 is 38.7 Å². The molecule has 43 heavy (non-hydrogen) atoms. The van der Waals surface area contributed by atoms with Crippen LogP contribution in [0, 0.1) is 30.2 Å². The van der Waals surface area contributed by atoms with Crippen LogP contribution < -0.4 is 10.6 Å². The van der Waals surface area contributed by atoms with Crippen LogP contribution in [-0.4, -0.2) is 115 Å². The lowest BCUT2D eigenvalue weighted by molar-refractivity contribution is -0.295. The van der Waals surface area contributed by atoms with Crippen LogP contribution in [0.2, 0.25) is 0 Å². The number of ether oxygens (including phenoxy) is 4. The molecular formula is C32H57N3O8. The first-order valence-corrected chi connectivity index (χ1v) is 15.6. The second-order valence-corrected chi connectivity index (χ2v) is 13.4. The first-order chi connectivity index (χ1) is 19.9. The second-order valence-electron chi connectivity index (χ2n) is 13.4. The van der Waals surface area contributed by atoms with Crippen molar-refractivity contribution in [2.24, 2.45) is 17.8 Å². The summed E-state index contributed by atoms with van der Waals surface area (Å²) in [5.74, 6) is -3.12. The van der Waals surface area contributed by atoms with E-state index in [2.05, 4.69) is 23.6 Å². The van der Waals surface area contributed by atoms with Gasteiger partial charge < -0.3 is 44.7 Å². The molecule has 0 aromatic heterocycles. The molecule has 13 atom stereocenters. The Bertz CT molecular complexity index is 971. The first kappa shape index (κ1) is 37.4. The van der Waals surface area contributed by atoms with Crippen LogP contribution in [-0.2, 0) is 28.5 Å². The predicted octanol–water partition coefficient (Wildman–Crippen LogP) is 1.68. The number of nitrogens with zero attached hydrogens (tertiary/aromatic N) is 1. The summed E-state index contributed by atoms with van der Waals surface area (Å²) in [6.45, 7) is 14.9. The molecule has 2 heterocycles. The number of carbonyl (C=O) groups is 2. The summed E-state index contributed by atoms with van der Waals surface area (Å²) < 4.78 is 24.6. The fraction of sp³-hybridized carbons (Fsp3) is 0.875. The predicted molar refractivity (Wildman–Crippen MR) is 164 cm³/mol. The van der Waals surface area contributed by atoms with Crippen molar-refractivity contribution in [2.45, 2.75) is 135 Å². The van der Waals surface area contributed by atoms with Gasteiger partial charge in [0.25, 0.3) is 0 Å². The zero-order valence-electron chi connectivity index (χ0n) is 28.0. The molecule has 2 rings (SSSR count). The number of aliphatic hydroxyl groups is 2. The molecule has 0 aromatic carbocycles. The Kier molecular flexibility index (Phi) is 13.5. The van der Waals surface area contributed by atoms with Gasteiger partial charge in [0.15, 0.2) is 12.1 Å². The Morgan fingerprint density at radius 1 is 1.19 bits per heavy atom. The number of carbonyl (C=O) groups excluding carboxylic acids is 2. The monoisotopic (exact) mass is 611 g/mol. The summed E-state index contributed by atoms with van der Waals surface area (Å²) in [6, 6.07) is 1.23. The van der Waals surface area contributed by atoms with E-state index in [1.807, 2.05) is 39.8 Å². The Morgan fingerprint density at radius 2 is 1.81 bits per heavy atom. The number of hydrogen-bond donors (Lipinski definition) is 4. The quantitative estimate of drug-likeness (QED) is 0.151. The van der Waals surface area contributed by atoms with Crippen molar-refractivity contribution in [2.75, 3.05) is 27.7 Å². The largest absolute Gasteiger partial charge is 0.459 e. The third kappa shape index (κ3) is 8.69. The Morgan fingerprint density at radius 3 is 2.35 bits per heavy atom. The Labute approximate surface area is 258 Å². The molecule has 2 aliphatic rings. The van der Waals surface area contributed by atoms with Crippen molar-refractivity contribution in [3.8, 4) is 12.5 Å². The molecule has 0 spiro atoms. The number of likely N-dealkylation sites (N-methyl/N-ethyl adjacent to an activating group) is 1. The number of rotatable bonds is 6. The van der Waals surface area contributed by atoms with Gasteiger partial charge in [0, 0.05) is 31.2 Å². The number of nitrogens with one attached hydrogen (secondary N) is 2. The van der Waals surface area contributed by atoms with Gasteiger partial charge in [0.1, 0.15) is 23.7 Å². The Balaban J connectivity index is 2.57. The maximum absolute atomic E-state index is 14.0. The molecular weight excluding hydrogens is 554 g/mol. The molecule has 0 aliphatic carbocycles. The Hall–Kier alpha value is -1.78. The topological polar surface area (TPSA) is 139 Å². The lowest BCUT2D eigenvalue weighted by Gasteiger charge is -2.46. The highest BCUT2D eigenvalue weighted by atomic mass is 16.7. The summed E-state index contributed by atoms with van der Waals surface area (Å²) >= 11 is 0. The smallest absolute Gasteiger partial charge is 0.316 e. The standard InChI is InChI=1S/C32H57N3O8/c1-13-24-32(9,39)27(33-14-2)22(7)34-17-18(3)16-31(8,40-12)28(20(5)25(36)21(6)29(38)42-24)43-30-26(37)23(35(10)11)15-19(4)41-30/h2,18-24,26-28,30,33-34,37,39H,13,15-17H2,1,3-12H3/t18-,19-,20+,21?,22-,23?,24-,26?,27-,28-,30+,31-,32+/m1/s1. The zero-order valence-corrected chi connectivity index (χ0v) is 28.0. The van der Waals surface area contributed by atoms with Gasteiger partial charge in [-0.3, -0.25) is 9.59 Å². The molecule has 11 nitrogen and oxygen atoms in total. The number of Topliss-reactive ketones (excluding diaryl/α,β-unsaturated/α-hetero) is 1. The number of terminal acetylenes is 1. The second kappa shape index (κ2) is 15.5. The van der Waals surface area contributed by atoms with Gasteiger partial charge in [-0.25, -0.2) is 0 Å². The first-order valence-electron chi connectivity index (χ1n) is 15.6. The van der Waals surface area contributed by atoms with Crippen molar-refractivity contribution in [1.29, 1.82) is 0 Å². The molecule has 3 unspecified atom stereocenters. The SMILES string of the molecule is C#CN[C@@H]1[C@@H](C)NC[C@H](C)C[C@@](C)(OC)[C@H](O[C@@H]2O[C@H](C)CC(N(C)C)C2O)[C@@H](C)C(=O)C(C)C(=O)O[C@H](CC)[C@]1(C)O. The van der Waals surface area contributed by atoms with Crippen molar-refractivity contribution in [3.63, 3.8) is 0 Å². The van der Waals surface area contributed by atoms with E-state index in [1.54, 1.807) is 27.9 Å². The van der Waals surface area contributed by atoms with Crippen LogP contribution >= 0.6 is 0 Å². The third-order valence-corrected chi connectivity index (χ3v) is 9.50. The molecule has 2 fully saturated rings. The van der Waals surface area contributed by atoms with Crippen LogP contribution in [0.3, 0.4) is 0 Å². The number of esters is 1. The van der Waals surface area contributed by atoms with Gasteiger partial charge in [0.2, 0.25) is 0 Å². The fourth-order valence-electron chi connectivity index (χ4n) is 6.76. The van der Waals surface area contributed by atoms with Gasteiger partial charge in [0.05, 0.1) is 23.9 Å². The van der Waals surface area contributed by atoms with E-state index in [1.165, 1.54) is 6.92 Å². The number of hydrogen-bond acceptors (Lipinski definition) is 11. The summed E-state index contributed by atoms with van der Waals surface area (Å²) in [5, 5.41) is 29.3. The van der Waals surface area contributed by atoms with Crippen LogP contribution in [0.15, 0.2) is 0 Å². The average Bonchev–Trinajstić information content (AvgIpc) is 2.95. The summed E-state index contributed by atoms with van der Waals surface area (Å²) in [6.07, 6.45) is 3.01. The maximum atomic E-state index is 14.0. The molecule has 0 bridgehead atoms. The number of aliphatic hydroxyl groups excluding tert-OH is 1. The molecule has 2 saturated heterocycles. The molecule has 0 radical (unpaired) electrons. The van der Waals surface area contributed by atoms with Crippen LogP contribution in [0.25, 0.3) is 0 Å². The van der Waals surface area contributed by atoms with Gasteiger partial charge in [-0.1, -0.05) is 27.2 Å². The van der Waals surface area contributed by atoms with E-state index in [9.17, 15) is 19.8 Å². The highest BCUT2D eigenvalue weighted by molar-refractivity contribution is 6.00. The highest BCUT2D eigenvalue weighted by Gasteiger charge is 2.50. The van der Waals surface area contributed by atoms with Crippen molar-refractivity contribution in [3.05, 3.63) is 0 Å². The van der Waals surface area contributed by atoms with E-state index in [4.69, 9.17) is 25.4 Å². The third-order valence-electron chi connectivity index (χ3n) is 9.50. The molecule has 248 valence electrons. The molecule has 0 saturated carbocycles. The molecule has 2 aliphatic heterocycles. The number of methoxy groups -OCH3 is 1. The van der Waals surface area contributed by atoms with Crippen LogP contribution in [0.1, 0.15) is 74.7 Å². The van der Waals surface area contributed by atoms with Crippen LogP contribution in [0.4, 0.5) is 0 Å². The van der Waals surface area contributed by atoms with E-state index in [-0.39, 0.29) is 24.1 Å². The zero-order chi connectivity index (χ0) is 32.9.